The summed E-state index contributed by atoms with van der Waals surface area (Å²) in [6.07, 6.45) is 3.90. The van der Waals surface area contributed by atoms with Crippen LogP contribution < -0.4 is 4.90 Å². The fourth-order valence-corrected chi connectivity index (χ4v) is 1.70. The minimum Gasteiger partial charge on any atom is -0.353 e. The molecule has 0 bridgehead atoms. The van der Waals surface area contributed by atoms with Crippen LogP contribution in [0, 0.1) is 21.4 Å². The van der Waals surface area contributed by atoms with Gasteiger partial charge in [-0.15, -0.1) is 0 Å². The highest BCUT2D eigenvalue weighted by Gasteiger charge is 2.29. The van der Waals surface area contributed by atoms with Gasteiger partial charge in [0, 0.05) is 18.7 Å². The molecule has 0 spiro atoms. The van der Waals surface area contributed by atoms with Crippen molar-refractivity contribution in [1.82, 2.24) is 4.98 Å². The molecule has 1 aliphatic carbocycles. The topological polar surface area (TPSA) is 83.1 Å². The van der Waals surface area contributed by atoms with Crippen LogP contribution in [0.4, 0.5) is 11.5 Å². The van der Waals surface area contributed by atoms with E-state index in [1.807, 2.05) is 4.90 Å². The highest BCUT2D eigenvalue weighted by atomic mass is 16.6. The molecule has 0 N–H and O–H groups in total. The Kier molecular flexibility index (Phi) is 3.19. The number of nitrogens with zero attached hydrogens (tertiary/aromatic N) is 4. The van der Waals surface area contributed by atoms with Gasteiger partial charge < -0.3 is 4.90 Å². The van der Waals surface area contributed by atoms with Crippen molar-refractivity contribution in [2.75, 3.05) is 11.4 Å². The van der Waals surface area contributed by atoms with Gasteiger partial charge in [-0.3, -0.25) is 10.1 Å². The largest absolute Gasteiger partial charge is 0.353 e. The summed E-state index contributed by atoms with van der Waals surface area (Å²) >= 11 is 0. The molecule has 1 fully saturated rings. The van der Waals surface area contributed by atoms with Crippen molar-refractivity contribution in [2.45, 2.75) is 25.3 Å². The summed E-state index contributed by atoms with van der Waals surface area (Å²) in [6.45, 7) is 0.631. The predicted molar refractivity (Wildman–Crippen MR) is 61.5 cm³/mol. The highest BCUT2D eigenvalue weighted by Crippen LogP contribution is 2.31. The van der Waals surface area contributed by atoms with Gasteiger partial charge in [0.05, 0.1) is 17.4 Å². The summed E-state index contributed by atoms with van der Waals surface area (Å²) in [5.74, 6) is 0.716. The lowest BCUT2D eigenvalue weighted by molar-refractivity contribution is -0.385. The third-order valence-electron chi connectivity index (χ3n) is 2.69. The lowest BCUT2D eigenvalue weighted by Gasteiger charge is -2.21. The van der Waals surface area contributed by atoms with Crippen molar-refractivity contribution in [3.05, 3.63) is 28.4 Å². The van der Waals surface area contributed by atoms with Gasteiger partial charge in [0.25, 0.3) is 5.69 Å². The number of hydrogen-bond donors (Lipinski definition) is 0. The molecule has 17 heavy (non-hydrogen) atoms. The molecule has 1 aromatic heterocycles. The molecule has 0 radical (unpaired) electrons. The van der Waals surface area contributed by atoms with Crippen molar-refractivity contribution < 1.29 is 4.92 Å². The second-order valence-corrected chi connectivity index (χ2v) is 3.96. The average molecular weight is 232 g/mol. The number of nitriles is 1. The van der Waals surface area contributed by atoms with Crippen LogP contribution in [0.15, 0.2) is 18.3 Å². The average Bonchev–Trinajstić information content (AvgIpc) is 3.14. The lowest BCUT2D eigenvalue weighted by Crippen LogP contribution is -2.27. The van der Waals surface area contributed by atoms with Gasteiger partial charge in [0.2, 0.25) is 0 Å². The Morgan fingerprint density at radius 3 is 2.82 bits per heavy atom. The van der Waals surface area contributed by atoms with Crippen LogP contribution in [0.3, 0.4) is 0 Å². The summed E-state index contributed by atoms with van der Waals surface area (Å²) in [5, 5.41) is 19.1. The van der Waals surface area contributed by atoms with E-state index in [1.54, 1.807) is 6.07 Å². The molecular formula is C11H12N4O2. The zero-order valence-electron chi connectivity index (χ0n) is 9.24. The third kappa shape index (κ3) is 2.69. The van der Waals surface area contributed by atoms with E-state index in [0.717, 1.165) is 12.8 Å². The molecule has 0 unspecified atom stereocenters. The van der Waals surface area contributed by atoms with Crippen LogP contribution >= 0.6 is 0 Å². The summed E-state index contributed by atoms with van der Waals surface area (Å²) in [6, 6.07) is 5.64. The van der Waals surface area contributed by atoms with Crippen LogP contribution in [-0.4, -0.2) is 22.5 Å². The Balaban J connectivity index is 2.13. The van der Waals surface area contributed by atoms with Crippen LogP contribution in [0.25, 0.3) is 0 Å². The quantitative estimate of drug-likeness (QED) is 0.571. The minimum atomic E-state index is -0.465. The maximum Gasteiger partial charge on any atom is 0.287 e. The van der Waals surface area contributed by atoms with Crippen LogP contribution in [0.5, 0.6) is 0 Å². The molecule has 0 saturated heterocycles. The van der Waals surface area contributed by atoms with Gasteiger partial charge in [-0.25, -0.2) is 4.98 Å². The van der Waals surface area contributed by atoms with E-state index in [4.69, 9.17) is 5.26 Å². The van der Waals surface area contributed by atoms with Gasteiger partial charge in [-0.05, 0) is 18.9 Å². The predicted octanol–water partition coefficient (Wildman–Crippen LogP) is 1.87. The normalized spacial score (nSPS) is 14.1. The molecule has 0 atom stereocenters. The molecule has 0 amide bonds. The van der Waals surface area contributed by atoms with Crippen LogP contribution in [-0.2, 0) is 0 Å². The van der Waals surface area contributed by atoms with E-state index in [1.165, 1.54) is 12.3 Å². The van der Waals surface area contributed by atoms with Gasteiger partial charge in [0.15, 0.2) is 0 Å². The Hall–Kier alpha value is -2.16. The number of pyridine rings is 1. The summed E-state index contributed by atoms with van der Waals surface area (Å²) < 4.78 is 0. The zero-order chi connectivity index (χ0) is 12.3. The first-order chi connectivity index (χ1) is 8.22. The van der Waals surface area contributed by atoms with Crippen LogP contribution in [0.1, 0.15) is 19.3 Å². The molecule has 1 aliphatic rings. The maximum atomic E-state index is 10.5. The SMILES string of the molecule is N#CCCN(c1ccc([N+](=O)[O-])cn1)C1CC1. The first kappa shape index (κ1) is 11.3. The fourth-order valence-electron chi connectivity index (χ4n) is 1.70. The van der Waals surface area contributed by atoms with E-state index >= 15 is 0 Å². The van der Waals surface area contributed by atoms with E-state index in [9.17, 15) is 10.1 Å². The number of anilines is 1. The molecular weight excluding hydrogens is 220 g/mol. The Bertz CT molecular complexity index is 448. The van der Waals surface area contributed by atoms with E-state index in [0.29, 0.717) is 24.8 Å². The van der Waals surface area contributed by atoms with Gasteiger partial charge >= 0.3 is 0 Å². The number of hydrogen-bond acceptors (Lipinski definition) is 5. The third-order valence-corrected chi connectivity index (χ3v) is 2.69. The van der Waals surface area contributed by atoms with Crippen molar-refractivity contribution in [3.63, 3.8) is 0 Å². The van der Waals surface area contributed by atoms with Gasteiger partial charge in [-0.2, -0.15) is 5.26 Å². The summed E-state index contributed by atoms with van der Waals surface area (Å²) in [7, 11) is 0. The second-order valence-electron chi connectivity index (χ2n) is 3.96. The first-order valence-electron chi connectivity index (χ1n) is 5.46. The summed E-state index contributed by atoms with van der Waals surface area (Å²) in [5.41, 5.74) is -0.00946. The molecule has 0 aromatic carbocycles. The second kappa shape index (κ2) is 4.78. The molecule has 1 saturated carbocycles. The molecule has 88 valence electrons. The summed E-state index contributed by atoms with van der Waals surface area (Å²) in [4.78, 5) is 16.2. The number of nitro groups is 1. The Morgan fingerprint density at radius 2 is 2.35 bits per heavy atom. The van der Waals surface area contributed by atoms with Crippen molar-refractivity contribution in [1.29, 1.82) is 5.26 Å². The van der Waals surface area contributed by atoms with Crippen molar-refractivity contribution in [2.24, 2.45) is 0 Å². The number of rotatable bonds is 5. The molecule has 6 nitrogen and oxygen atoms in total. The van der Waals surface area contributed by atoms with E-state index in [-0.39, 0.29) is 5.69 Å². The smallest absolute Gasteiger partial charge is 0.287 e. The minimum absolute atomic E-state index is 0.00946. The monoisotopic (exact) mass is 232 g/mol. The molecule has 0 aliphatic heterocycles. The van der Waals surface area contributed by atoms with E-state index < -0.39 is 4.92 Å². The van der Waals surface area contributed by atoms with Crippen LogP contribution in [0.2, 0.25) is 0 Å². The first-order valence-corrected chi connectivity index (χ1v) is 5.46. The molecule has 1 aromatic rings. The van der Waals surface area contributed by atoms with Gasteiger partial charge in [-0.1, -0.05) is 0 Å². The molecule has 1 heterocycles. The standard InChI is InChI=1S/C11H12N4O2/c12-6-1-7-14(9-2-3-9)11-5-4-10(8-13-11)15(16)17/h4-5,8-9H,1-3,7H2. The lowest BCUT2D eigenvalue weighted by atomic mass is 10.3. The fraction of sp³-hybridized carbons (Fsp3) is 0.455. The zero-order valence-corrected chi connectivity index (χ0v) is 9.24. The molecule has 2 rings (SSSR count). The highest BCUT2D eigenvalue weighted by molar-refractivity contribution is 5.45. The van der Waals surface area contributed by atoms with Crippen molar-refractivity contribution in [3.8, 4) is 6.07 Å². The molecule has 6 heteroatoms. The Labute approximate surface area is 98.6 Å². The number of aromatic nitrogens is 1. The van der Waals surface area contributed by atoms with Crippen molar-refractivity contribution >= 4 is 11.5 Å². The maximum absolute atomic E-state index is 10.5. The Morgan fingerprint density at radius 1 is 1.59 bits per heavy atom. The van der Waals surface area contributed by atoms with Gasteiger partial charge in [0.1, 0.15) is 12.0 Å². The van der Waals surface area contributed by atoms with E-state index in [2.05, 4.69) is 11.1 Å².